The predicted molar refractivity (Wildman–Crippen MR) is 51.7 cm³/mol. The zero-order valence-electron chi connectivity index (χ0n) is 8.28. The fourth-order valence-electron chi connectivity index (χ4n) is 0.923. The zero-order valence-corrected chi connectivity index (χ0v) is 8.28. The normalized spacial score (nSPS) is 9.29. The third kappa shape index (κ3) is 2.93. The Bertz CT molecular complexity index is 297. The maximum absolute atomic E-state index is 10.9. The number of aromatic nitrogens is 1. The van der Waals surface area contributed by atoms with E-state index in [1.54, 1.807) is 31.3 Å². The summed E-state index contributed by atoms with van der Waals surface area (Å²) in [6, 6.07) is 3.65. The van der Waals surface area contributed by atoms with Crippen molar-refractivity contribution < 1.29 is 14.4 Å². The van der Waals surface area contributed by atoms with Crippen LogP contribution in [0.2, 0.25) is 0 Å². The number of carbonyl (C=O) groups excluding carboxylic acids is 1. The lowest BCUT2D eigenvalue weighted by Gasteiger charge is -2.03. The van der Waals surface area contributed by atoms with Crippen LogP contribution in [0.1, 0.15) is 0 Å². The summed E-state index contributed by atoms with van der Waals surface area (Å²) in [4.78, 5) is 15.8. The molecule has 0 saturated carbocycles. The molecule has 5 nitrogen and oxygen atoms in total. The lowest BCUT2D eigenvalue weighted by atomic mass is 10.4. The molecule has 0 aromatic carbocycles. The van der Waals surface area contributed by atoms with Crippen molar-refractivity contribution in [2.45, 2.75) is 0 Å². The van der Waals surface area contributed by atoms with Gasteiger partial charge < -0.3 is 10.6 Å². The van der Waals surface area contributed by atoms with Crippen LogP contribution in [0, 0.1) is 0 Å². The lowest BCUT2D eigenvalue weighted by molar-refractivity contribution is -0.885. The van der Waals surface area contributed by atoms with Gasteiger partial charge in [-0.1, -0.05) is 0 Å². The first-order valence-electron chi connectivity index (χ1n) is 4.26. The maximum atomic E-state index is 10.9. The summed E-state index contributed by atoms with van der Waals surface area (Å²) in [5.74, 6) is -0.0477. The molecule has 1 heterocycles. The van der Waals surface area contributed by atoms with E-state index in [4.69, 9.17) is 4.84 Å². The molecule has 0 aliphatic rings. The molecular formula is C9H14N3O2+. The second kappa shape index (κ2) is 5.06. The minimum absolute atomic E-state index is 0.0477. The largest absolute Gasteiger partial charge is 0.376 e. The second-order valence-electron chi connectivity index (χ2n) is 2.66. The van der Waals surface area contributed by atoms with Crippen molar-refractivity contribution in [3.63, 3.8) is 0 Å². The van der Waals surface area contributed by atoms with Gasteiger partial charge in [0.05, 0.1) is 6.54 Å². The Morgan fingerprint density at radius 3 is 2.64 bits per heavy atom. The van der Waals surface area contributed by atoms with Crippen LogP contribution in [-0.2, 0) is 4.79 Å². The Kier molecular flexibility index (Phi) is 3.72. The number of carbonyl (C=O) groups is 1. The van der Waals surface area contributed by atoms with Gasteiger partial charge in [-0.15, -0.1) is 0 Å². The van der Waals surface area contributed by atoms with E-state index in [-0.39, 0.29) is 12.5 Å². The first kappa shape index (κ1) is 10.3. The van der Waals surface area contributed by atoms with Crippen LogP contribution in [0.5, 0.6) is 0 Å². The molecule has 0 radical (unpaired) electrons. The van der Waals surface area contributed by atoms with E-state index in [1.165, 1.54) is 0 Å². The van der Waals surface area contributed by atoms with Crippen molar-refractivity contribution in [3.8, 4) is 0 Å². The Hall–Kier alpha value is -1.78. The van der Waals surface area contributed by atoms with Crippen molar-refractivity contribution in [3.05, 3.63) is 24.5 Å². The van der Waals surface area contributed by atoms with Crippen LogP contribution >= 0.6 is 0 Å². The number of anilines is 1. The smallest absolute Gasteiger partial charge is 0.239 e. The summed E-state index contributed by atoms with van der Waals surface area (Å²) in [6.45, 7) is 0.271. The highest BCUT2D eigenvalue weighted by atomic mass is 16.6. The topological polar surface area (TPSA) is 54.2 Å². The predicted octanol–water partition coefficient (Wildman–Crippen LogP) is -0.810. The standard InChI is InChI=1S/C9H13N3O2/c1-10-9(13)7-11-8-3-5-12(14-2)6-4-8/h3-6H,7H2,1-2H3,(H,10,13)/p+1. The molecule has 0 fully saturated rings. The molecule has 1 aromatic rings. The zero-order chi connectivity index (χ0) is 10.4. The van der Waals surface area contributed by atoms with Crippen molar-refractivity contribution in [1.29, 1.82) is 0 Å². The van der Waals surface area contributed by atoms with Gasteiger partial charge >= 0.3 is 0 Å². The highest BCUT2D eigenvalue weighted by molar-refractivity contribution is 5.80. The second-order valence-corrected chi connectivity index (χ2v) is 2.66. The van der Waals surface area contributed by atoms with E-state index in [1.807, 2.05) is 12.1 Å². The molecule has 0 saturated heterocycles. The van der Waals surface area contributed by atoms with Gasteiger partial charge in [-0.05, 0) is 0 Å². The highest BCUT2D eigenvalue weighted by Gasteiger charge is 2.00. The minimum Gasteiger partial charge on any atom is -0.376 e. The molecule has 2 N–H and O–H groups in total. The fourth-order valence-corrected chi connectivity index (χ4v) is 0.923. The van der Waals surface area contributed by atoms with Crippen molar-refractivity contribution in [1.82, 2.24) is 5.32 Å². The van der Waals surface area contributed by atoms with E-state index in [9.17, 15) is 4.79 Å². The average Bonchev–Trinajstić information content (AvgIpc) is 2.26. The molecule has 1 amide bonds. The van der Waals surface area contributed by atoms with Gasteiger partial charge in [0, 0.05) is 29.6 Å². The third-order valence-electron chi connectivity index (χ3n) is 1.74. The molecule has 0 bridgehead atoms. The molecule has 0 unspecified atom stereocenters. The molecule has 0 atom stereocenters. The molecule has 1 aromatic heterocycles. The Balaban J connectivity index is 2.47. The summed E-state index contributed by atoms with van der Waals surface area (Å²) in [6.07, 6.45) is 3.51. The number of pyridine rings is 1. The van der Waals surface area contributed by atoms with E-state index < -0.39 is 0 Å². The van der Waals surface area contributed by atoms with Gasteiger partial charge in [-0.3, -0.25) is 9.63 Å². The van der Waals surface area contributed by atoms with Crippen LogP contribution < -0.4 is 20.2 Å². The first-order valence-corrected chi connectivity index (χ1v) is 4.26. The summed E-state index contributed by atoms with van der Waals surface area (Å²) >= 11 is 0. The molecule has 1 rings (SSSR count). The average molecular weight is 196 g/mol. The molecular weight excluding hydrogens is 182 g/mol. The quantitative estimate of drug-likeness (QED) is 0.619. The Morgan fingerprint density at radius 2 is 2.14 bits per heavy atom. The van der Waals surface area contributed by atoms with Crippen molar-refractivity contribution in [2.75, 3.05) is 26.0 Å². The highest BCUT2D eigenvalue weighted by Crippen LogP contribution is 2.00. The van der Waals surface area contributed by atoms with Gasteiger partial charge in [0.1, 0.15) is 7.11 Å². The first-order chi connectivity index (χ1) is 6.76. The fraction of sp³-hybridized carbons (Fsp3) is 0.333. The molecule has 14 heavy (non-hydrogen) atoms. The number of hydrogen-bond donors (Lipinski definition) is 2. The SMILES string of the molecule is CNC(=O)CNc1cc[n+](OC)cc1. The molecule has 0 spiro atoms. The molecule has 5 heteroatoms. The van der Waals surface area contributed by atoms with Crippen LogP contribution in [0.25, 0.3) is 0 Å². The van der Waals surface area contributed by atoms with Gasteiger partial charge in [0.15, 0.2) is 0 Å². The summed E-state index contributed by atoms with van der Waals surface area (Å²) in [5, 5.41) is 5.49. The maximum Gasteiger partial charge on any atom is 0.239 e. The number of amides is 1. The third-order valence-corrected chi connectivity index (χ3v) is 1.74. The number of rotatable bonds is 4. The van der Waals surface area contributed by atoms with Crippen molar-refractivity contribution in [2.24, 2.45) is 0 Å². The van der Waals surface area contributed by atoms with E-state index in [0.717, 1.165) is 5.69 Å². The molecule has 0 aliphatic heterocycles. The van der Waals surface area contributed by atoms with Crippen LogP contribution in [0.4, 0.5) is 5.69 Å². The summed E-state index contributed by atoms with van der Waals surface area (Å²) < 4.78 is 1.56. The van der Waals surface area contributed by atoms with E-state index in [2.05, 4.69) is 10.6 Å². The van der Waals surface area contributed by atoms with Gasteiger partial charge in [-0.25, -0.2) is 0 Å². The monoisotopic (exact) mass is 196 g/mol. The number of likely N-dealkylation sites (N-methyl/N-ethyl adjacent to an activating group) is 1. The van der Waals surface area contributed by atoms with Crippen LogP contribution in [-0.4, -0.2) is 26.6 Å². The van der Waals surface area contributed by atoms with Crippen molar-refractivity contribution >= 4 is 11.6 Å². The summed E-state index contributed by atoms with van der Waals surface area (Å²) in [5.41, 5.74) is 0.877. The summed E-state index contributed by atoms with van der Waals surface area (Å²) in [7, 11) is 3.19. The van der Waals surface area contributed by atoms with Gasteiger partial charge in [0.2, 0.25) is 18.3 Å². The van der Waals surface area contributed by atoms with Gasteiger partial charge in [0.25, 0.3) is 0 Å². The number of nitrogens with one attached hydrogen (secondary N) is 2. The molecule has 76 valence electrons. The Morgan fingerprint density at radius 1 is 1.50 bits per heavy atom. The van der Waals surface area contributed by atoms with E-state index >= 15 is 0 Å². The van der Waals surface area contributed by atoms with Gasteiger partial charge in [-0.2, -0.15) is 0 Å². The number of hydrogen-bond acceptors (Lipinski definition) is 3. The van der Waals surface area contributed by atoms with Crippen LogP contribution in [0.15, 0.2) is 24.5 Å². The number of nitrogens with zero attached hydrogens (tertiary/aromatic N) is 1. The molecule has 0 aliphatic carbocycles. The lowest BCUT2D eigenvalue weighted by Crippen LogP contribution is -2.39. The minimum atomic E-state index is -0.0477. The van der Waals surface area contributed by atoms with Crippen LogP contribution in [0.3, 0.4) is 0 Å². The Labute approximate surface area is 82.6 Å². The van der Waals surface area contributed by atoms with E-state index in [0.29, 0.717) is 0 Å².